The lowest BCUT2D eigenvalue weighted by atomic mass is 9.81. The number of rotatable bonds is 13. The van der Waals surface area contributed by atoms with Gasteiger partial charge in [0.1, 0.15) is 11.6 Å². The Kier molecular flexibility index (Phi) is 11.1. The SMILES string of the molecule is CCCCCCCCOC(=O)Nc1nc(=O)n([C@H]2CC[C@@H](C(O)C(C)(CO)C(=O)OC)O2)cc1F. The highest BCUT2D eigenvalue weighted by atomic mass is 19.1. The number of amides is 1. The molecule has 1 aliphatic rings. The summed E-state index contributed by atoms with van der Waals surface area (Å²) in [6, 6.07) is 0. The van der Waals surface area contributed by atoms with Crippen LogP contribution in [-0.2, 0) is 19.0 Å². The van der Waals surface area contributed by atoms with Gasteiger partial charge in [-0.3, -0.25) is 14.7 Å². The van der Waals surface area contributed by atoms with Crippen LogP contribution in [0.2, 0.25) is 0 Å². The number of aromatic nitrogens is 2. The average Bonchev–Trinajstić information content (AvgIpc) is 3.33. The van der Waals surface area contributed by atoms with Gasteiger partial charge in [-0.25, -0.2) is 14.0 Å². The number of anilines is 1. The van der Waals surface area contributed by atoms with Gasteiger partial charge in [-0.05, 0) is 26.2 Å². The van der Waals surface area contributed by atoms with Gasteiger partial charge < -0.3 is 24.4 Å². The fourth-order valence-electron chi connectivity index (χ4n) is 3.92. The lowest BCUT2D eigenvalue weighted by molar-refractivity contribution is -0.173. The van der Waals surface area contributed by atoms with Crippen molar-refractivity contribution in [3.8, 4) is 0 Å². The molecule has 0 radical (unpaired) electrons. The largest absolute Gasteiger partial charge is 0.468 e. The van der Waals surface area contributed by atoms with Crippen molar-refractivity contribution in [2.24, 2.45) is 5.41 Å². The second kappa shape index (κ2) is 13.5. The lowest BCUT2D eigenvalue weighted by Gasteiger charge is -2.33. The van der Waals surface area contributed by atoms with Gasteiger partial charge in [-0.1, -0.05) is 39.0 Å². The van der Waals surface area contributed by atoms with Crippen LogP contribution in [0, 0.1) is 11.2 Å². The first kappa shape index (κ1) is 28.7. The summed E-state index contributed by atoms with van der Waals surface area (Å²) in [6.45, 7) is 2.95. The molecule has 1 amide bonds. The molecule has 1 saturated heterocycles. The van der Waals surface area contributed by atoms with Gasteiger partial charge in [0.2, 0.25) is 0 Å². The predicted octanol–water partition coefficient (Wildman–Crippen LogP) is 2.50. The summed E-state index contributed by atoms with van der Waals surface area (Å²) in [4.78, 5) is 40.0. The summed E-state index contributed by atoms with van der Waals surface area (Å²) in [6.07, 6.45) is 3.19. The van der Waals surface area contributed by atoms with E-state index in [0.29, 0.717) is 6.42 Å². The molecule has 4 atom stereocenters. The zero-order valence-electron chi connectivity index (χ0n) is 20.5. The van der Waals surface area contributed by atoms with Crippen LogP contribution < -0.4 is 11.0 Å². The third-order valence-electron chi connectivity index (χ3n) is 6.18. The van der Waals surface area contributed by atoms with Crippen LogP contribution >= 0.6 is 0 Å². The average molecular weight is 502 g/mol. The highest BCUT2D eigenvalue weighted by molar-refractivity contribution is 5.83. The van der Waals surface area contributed by atoms with Crippen molar-refractivity contribution in [2.45, 2.75) is 83.6 Å². The smallest absolute Gasteiger partial charge is 0.412 e. The van der Waals surface area contributed by atoms with Gasteiger partial charge in [-0.2, -0.15) is 4.98 Å². The molecule has 3 N–H and O–H groups in total. The fraction of sp³-hybridized carbons (Fsp3) is 0.739. The van der Waals surface area contributed by atoms with E-state index in [9.17, 15) is 29.0 Å². The quantitative estimate of drug-likeness (QED) is 0.274. The first-order valence-electron chi connectivity index (χ1n) is 11.9. The molecule has 12 heteroatoms. The number of aliphatic hydroxyl groups is 2. The van der Waals surface area contributed by atoms with Gasteiger partial charge in [0.05, 0.1) is 38.7 Å². The second-order valence-corrected chi connectivity index (χ2v) is 8.87. The van der Waals surface area contributed by atoms with Crippen LogP contribution in [0.5, 0.6) is 0 Å². The van der Waals surface area contributed by atoms with Crippen molar-refractivity contribution in [3.63, 3.8) is 0 Å². The molecule has 35 heavy (non-hydrogen) atoms. The summed E-state index contributed by atoms with van der Waals surface area (Å²) in [5, 5.41) is 22.4. The summed E-state index contributed by atoms with van der Waals surface area (Å²) in [5.74, 6) is -2.35. The van der Waals surface area contributed by atoms with E-state index in [2.05, 4.69) is 22.0 Å². The molecular formula is C23H36FN3O8. The van der Waals surface area contributed by atoms with Crippen LogP contribution in [0.3, 0.4) is 0 Å². The minimum atomic E-state index is -1.63. The van der Waals surface area contributed by atoms with Crippen molar-refractivity contribution >= 4 is 17.9 Å². The van der Waals surface area contributed by atoms with E-state index in [1.165, 1.54) is 13.3 Å². The van der Waals surface area contributed by atoms with Gasteiger partial charge in [0.15, 0.2) is 11.6 Å². The number of halogens is 1. The van der Waals surface area contributed by atoms with Crippen molar-refractivity contribution in [1.82, 2.24) is 9.55 Å². The normalized spacial score (nSPS) is 20.2. The van der Waals surface area contributed by atoms with Gasteiger partial charge in [0.25, 0.3) is 0 Å². The number of methoxy groups -OCH3 is 1. The van der Waals surface area contributed by atoms with Crippen LogP contribution in [-0.4, -0.2) is 64.4 Å². The maximum atomic E-state index is 14.6. The van der Waals surface area contributed by atoms with E-state index in [0.717, 1.165) is 43.6 Å². The van der Waals surface area contributed by atoms with E-state index in [1.54, 1.807) is 0 Å². The molecule has 1 fully saturated rings. The maximum Gasteiger partial charge on any atom is 0.412 e. The second-order valence-electron chi connectivity index (χ2n) is 8.87. The molecule has 2 unspecified atom stereocenters. The standard InChI is InChI=1S/C23H36FN3O8/c1-4-5-6-7-8-9-12-34-22(32)26-19-15(24)13-27(21(31)25-19)17-11-10-16(35-17)18(29)23(2,14-28)20(30)33-3/h13,16-18,28-29H,4-12,14H2,1-3H3,(H,25,26,31,32)/t16-,17+,18?,23?/m0/s1. The first-order chi connectivity index (χ1) is 16.7. The lowest BCUT2D eigenvalue weighted by Crippen LogP contribution is -2.49. The number of unbranched alkanes of at least 4 members (excludes halogenated alkanes) is 5. The summed E-state index contributed by atoms with van der Waals surface area (Å²) in [7, 11) is 1.13. The van der Waals surface area contributed by atoms with Crippen LogP contribution in [0.15, 0.2) is 11.0 Å². The molecule has 1 aromatic rings. The zero-order chi connectivity index (χ0) is 26.0. The summed E-state index contributed by atoms with van der Waals surface area (Å²) >= 11 is 0. The number of hydrogen-bond acceptors (Lipinski definition) is 9. The summed E-state index contributed by atoms with van der Waals surface area (Å²) < 4.78 is 30.8. The highest BCUT2D eigenvalue weighted by Gasteiger charge is 2.48. The Labute approximate surface area is 203 Å². The van der Waals surface area contributed by atoms with E-state index in [1.807, 2.05) is 0 Å². The van der Waals surface area contributed by atoms with Crippen molar-refractivity contribution < 1.29 is 38.4 Å². The van der Waals surface area contributed by atoms with E-state index in [-0.39, 0.29) is 19.4 Å². The van der Waals surface area contributed by atoms with Crippen molar-refractivity contribution in [3.05, 3.63) is 22.5 Å². The molecule has 11 nitrogen and oxygen atoms in total. The van der Waals surface area contributed by atoms with Gasteiger partial charge in [-0.15, -0.1) is 0 Å². The van der Waals surface area contributed by atoms with Crippen LogP contribution in [0.4, 0.5) is 15.0 Å². The fourth-order valence-corrected chi connectivity index (χ4v) is 3.92. The minimum Gasteiger partial charge on any atom is -0.468 e. The number of carbonyl (C=O) groups is 2. The number of hydrogen-bond donors (Lipinski definition) is 3. The Balaban J connectivity index is 1.95. The zero-order valence-corrected chi connectivity index (χ0v) is 20.5. The van der Waals surface area contributed by atoms with Crippen molar-refractivity contribution in [1.29, 1.82) is 0 Å². The number of aliphatic hydroxyl groups excluding tert-OH is 2. The van der Waals surface area contributed by atoms with E-state index in [4.69, 9.17) is 9.47 Å². The van der Waals surface area contributed by atoms with Gasteiger partial charge in [0, 0.05) is 0 Å². The van der Waals surface area contributed by atoms with Crippen LogP contribution in [0.1, 0.15) is 71.4 Å². The molecule has 1 aromatic heterocycles. The van der Waals surface area contributed by atoms with E-state index < -0.39 is 59.8 Å². The Bertz CT molecular complexity index is 911. The first-order valence-corrected chi connectivity index (χ1v) is 11.9. The monoisotopic (exact) mass is 501 g/mol. The molecule has 1 aliphatic heterocycles. The Morgan fingerprint density at radius 2 is 2.00 bits per heavy atom. The number of ether oxygens (including phenoxy) is 3. The third kappa shape index (κ3) is 7.45. The van der Waals surface area contributed by atoms with Gasteiger partial charge >= 0.3 is 17.8 Å². The molecule has 198 valence electrons. The molecule has 0 bridgehead atoms. The molecule has 0 saturated carbocycles. The van der Waals surface area contributed by atoms with Crippen molar-refractivity contribution in [2.75, 3.05) is 25.6 Å². The number of nitrogens with one attached hydrogen (secondary N) is 1. The molecule has 0 spiro atoms. The number of esters is 1. The highest BCUT2D eigenvalue weighted by Crippen LogP contribution is 2.36. The predicted molar refractivity (Wildman–Crippen MR) is 123 cm³/mol. The topological polar surface area (TPSA) is 149 Å². The minimum absolute atomic E-state index is 0.175. The Morgan fingerprint density at radius 3 is 2.66 bits per heavy atom. The van der Waals surface area contributed by atoms with Crippen LogP contribution in [0.25, 0.3) is 0 Å². The summed E-state index contributed by atoms with van der Waals surface area (Å²) in [5.41, 5.74) is -2.51. The maximum absolute atomic E-state index is 14.6. The molecule has 0 aliphatic carbocycles. The Morgan fingerprint density at radius 1 is 1.31 bits per heavy atom. The molecule has 0 aromatic carbocycles. The molecular weight excluding hydrogens is 465 g/mol. The third-order valence-corrected chi connectivity index (χ3v) is 6.18. The number of carbonyl (C=O) groups excluding carboxylic acids is 2. The number of nitrogens with zero attached hydrogens (tertiary/aromatic N) is 2. The molecule has 2 heterocycles. The molecule has 2 rings (SSSR count). The Hall–Kier alpha value is -2.57. The van der Waals surface area contributed by atoms with E-state index >= 15 is 0 Å².